The molecule has 0 bridgehead atoms. The molecule has 0 aliphatic heterocycles. The van der Waals surface area contributed by atoms with Crippen LogP contribution < -0.4 is 10.6 Å². The van der Waals surface area contributed by atoms with Crippen molar-refractivity contribution in [2.24, 2.45) is 5.92 Å². The first kappa shape index (κ1) is 12.7. The molecule has 0 aromatic heterocycles. The SMILES string of the molecule is COC(=O)NC(C)C(=O)NCC(C)C. The summed E-state index contributed by atoms with van der Waals surface area (Å²) in [6, 6.07) is -0.568. The lowest BCUT2D eigenvalue weighted by Crippen LogP contribution is -2.45. The monoisotopic (exact) mass is 202 g/mol. The number of methoxy groups -OCH3 is 1. The molecule has 0 radical (unpaired) electrons. The fourth-order valence-corrected chi connectivity index (χ4v) is 0.759. The van der Waals surface area contributed by atoms with Gasteiger partial charge in [0, 0.05) is 6.54 Å². The van der Waals surface area contributed by atoms with E-state index >= 15 is 0 Å². The van der Waals surface area contributed by atoms with Gasteiger partial charge < -0.3 is 15.4 Å². The Balaban J connectivity index is 3.82. The molecule has 0 spiro atoms. The van der Waals surface area contributed by atoms with E-state index in [1.807, 2.05) is 13.8 Å². The molecule has 2 N–H and O–H groups in total. The third-order valence-electron chi connectivity index (χ3n) is 1.60. The summed E-state index contributed by atoms with van der Waals surface area (Å²) in [5.74, 6) is 0.188. The number of hydrogen-bond acceptors (Lipinski definition) is 3. The first-order valence-electron chi connectivity index (χ1n) is 4.59. The van der Waals surface area contributed by atoms with Gasteiger partial charge in [-0.3, -0.25) is 4.79 Å². The minimum Gasteiger partial charge on any atom is -0.453 e. The standard InChI is InChI=1S/C9H18N2O3/c1-6(2)5-10-8(12)7(3)11-9(13)14-4/h6-7H,5H2,1-4H3,(H,10,12)(H,11,13). The van der Waals surface area contributed by atoms with E-state index < -0.39 is 12.1 Å². The van der Waals surface area contributed by atoms with Gasteiger partial charge in [-0.2, -0.15) is 0 Å². The number of hydrogen-bond donors (Lipinski definition) is 2. The molecule has 5 heteroatoms. The van der Waals surface area contributed by atoms with E-state index in [0.717, 1.165) is 0 Å². The molecule has 1 unspecified atom stereocenters. The third kappa shape index (κ3) is 5.40. The van der Waals surface area contributed by atoms with E-state index in [9.17, 15) is 9.59 Å². The van der Waals surface area contributed by atoms with Crippen LogP contribution in [0.25, 0.3) is 0 Å². The summed E-state index contributed by atoms with van der Waals surface area (Å²) < 4.78 is 4.37. The molecule has 0 saturated heterocycles. The van der Waals surface area contributed by atoms with Crippen LogP contribution in [0.15, 0.2) is 0 Å². The topological polar surface area (TPSA) is 67.4 Å². The van der Waals surface area contributed by atoms with Crippen molar-refractivity contribution in [2.75, 3.05) is 13.7 Å². The van der Waals surface area contributed by atoms with Gasteiger partial charge >= 0.3 is 6.09 Å². The van der Waals surface area contributed by atoms with Crippen molar-refractivity contribution in [1.29, 1.82) is 0 Å². The van der Waals surface area contributed by atoms with Gasteiger partial charge in [0.25, 0.3) is 0 Å². The van der Waals surface area contributed by atoms with Crippen molar-refractivity contribution in [3.05, 3.63) is 0 Å². The number of carbonyl (C=O) groups excluding carboxylic acids is 2. The van der Waals surface area contributed by atoms with Crippen LogP contribution in [0.3, 0.4) is 0 Å². The van der Waals surface area contributed by atoms with Gasteiger partial charge in [-0.25, -0.2) is 4.79 Å². The predicted octanol–water partition coefficient (Wildman–Crippen LogP) is 0.503. The van der Waals surface area contributed by atoms with E-state index in [1.54, 1.807) is 6.92 Å². The molecule has 82 valence electrons. The Kier molecular flexibility index (Phi) is 5.67. The fraction of sp³-hybridized carbons (Fsp3) is 0.778. The highest BCUT2D eigenvalue weighted by molar-refractivity contribution is 5.85. The maximum atomic E-state index is 11.3. The minimum absolute atomic E-state index is 0.205. The van der Waals surface area contributed by atoms with Crippen LogP contribution >= 0.6 is 0 Å². The highest BCUT2D eigenvalue weighted by Gasteiger charge is 2.14. The van der Waals surface area contributed by atoms with Crippen LogP contribution in [0.2, 0.25) is 0 Å². The first-order valence-corrected chi connectivity index (χ1v) is 4.59. The summed E-state index contributed by atoms with van der Waals surface area (Å²) in [5, 5.41) is 5.08. The zero-order valence-electron chi connectivity index (χ0n) is 9.09. The van der Waals surface area contributed by atoms with Crippen molar-refractivity contribution >= 4 is 12.0 Å². The van der Waals surface area contributed by atoms with E-state index in [2.05, 4.69) is 15.4 Å². The number of rotatable bonds is 4. The van der Waals surface area contributed by atoms with Crippen molar-refractivity contribution in [1.82, 2.24) is 10.6 Å². The zero-order valence-corrected chi connectivity index (χ0v) is 9.09. The molecular formula is C9H18N2O3. The Labute approximate surface area is 84.2 Å². The second-order valence-electron chi connectivity index (χ2n) is 3.50. The van der Waals surface area contributed by atoms with Gasteiger partial charge in [0.2, 0.25) is 5.91 Å². The van der Waals surface area contributed by atoms with Gasteiger partial charge in [0.15, 0.2) is 0 Å². The predicted molar refractivity (Wildman–Crippen MR) is 52.9 cm³/mol. The van der Waals surface area contributed by atoms with Crippen molar-refractivity contribution in [3.63, 3.8) is 0 Å². The highest BCUT2D eigenvalue weighted by Crippen LogP contribution is 1.89. The maximum Gasteiger partial charge on any atom is 0.407 e. The lowest BCUT2D eigenvalue weighted by Gasteiger charge is -2.14. The lowest BCUT2D eigenvalue weighted by molar-refractivity contribution is -0.122. The van der Waals surface area contributed by atoms with Crippen LogP contribution in [0.5, 0.6) is 0 Å². The Hall–Kier alpha value is -1.26. The van der Waals surface area contributed by atoms with Crippen molar-refractivity contribution in [3.8, 4) is 0 Å². The molecule has 0 aromatic rings. The lowest BCUT2D eigenvalue weighted by atomic mass is 10.2. The summed E-state index contributed by atoms with van der Waals surface area (Å²) in [6.07, 6.45) is -0.600. The summed E-state index contributed by atoms with van der Waals surface area (Å²) in [4.78, 5) is 22.1. The molecular weight excluding hydrogens is 184 g/mol. The third-order valence-corrected chi connectivity index (χ3v) is 1.60. The second kappa shape index (κ2) is 6.23. The smallest absolute Gasteiger partial charge is 0.407 e. The number of amides is 2. The summed E-state index contributed by atoms with van der Waals surface area (Å²) in [6.45, 7) is 6.20. The Morgan fingerprint density at radius 2 is 1.86 bits per heavy atom. The second-order valence-corrected chi connectivity index (χ2v) is 3.50. The van der Waals surface area contributed by atoms with Crippen LogP contribution in [-0.2, 0) is 9.53 Å². The van der Waals surface area contributed by atoms with Gasteiger partial charge in [0.1, 0.15) is 6.04 Å². The molecule has 0 aromatic carbocycles. The largest absolute Gasteiger partial charge is 0.453 e. The van der Waals surface area contributed by atoms with E-state index in [-0.39, 0.29) is 5.91 Å². The Morgan fingerprint density at radius 1 is 1.29 bits per heavy atom. The van der Waals surface area contributed by atoms with Crippen LogP contribution in [0.1, 0.15) is 20.8 Å². The van der Waals surface area contributed by atoms with Crippen LogP contribution in [-0.4, -0.2) is 31.7 Å². The molecule has 14 heavy (non-hydrogen) atoms. The van der Waals surface area contributed by atoms with Gasteiger partial charge in [-0.1, -0.05) is 13.8 Å². The van der Waals surface area contributed by atoms with Crippen molar-refractivity contribution in [2.45, 2.75) is 26.8 Å². The quantitative estimate of drug-likeness (QED) is 0.697. The molecule has 0 aliphatic rings. The summed E-state index contributed by atoms with van der Waals surface area (Å²) in [5.41, 5.74) is 0. The van der Waals surface area contributed by atoms with Crippen LogP contribution in [0.4, 0.5) is 4.79 Å². The normalized spacial score (nSPS) is 12.1. The molecule has 0 rings (SSSR count). The van der Waals surface area contributed by atoms with Crippen molar-refractivity contribution < 1.29 is 14.3 Å². The van der Waals surface area contributed by atoms with Gasteiger partial charge in [0.05, 0.1) is 7.11 Å². The fourth-order valence-electron chi connectivity index (χ4n) is 0.759. The average Bonchev–Trinajstić information content (AvgIpc) is 2.13. The summed E-state index contributed by atoms with van der Waals surface area (Å²) >= 11 is 0. The highest BCUT2D eigenvalue weighted by atomic mass is 16.5. The molecule has 5 nitrogen and oxygen atoms in total. The zero-order chi connectivity index (χ0) is 11.1. The Bertz CT molecular complexity index is 204. The van der Waals surface area contributed by atoms with E-state index in [4.69, 9.17) is 0 Å². The molecule has 0 aliphatic carbocycles. The number of alkyl carbamates (subject to hydrolysis) is 1. The molecule has 0 fully saturated rings. The van der Waals surface area contributed by atoms with Gasteiger partial charge in [-0.15, -0.1) is 0 Å². The summed E-state index contributed by atoms with van der Waals surface area (Å²) in [7, 11) is 1.26. The molecule has 0 heterocycles. The molecule has 1 atom stereocenters. The number of carbonyl (C=O) groups is 2. The minimum atomic E-state index is -0.600. The first-order chi connectivity index (χ1) is 6.47. The Morgan fingerprint density at radius 3 is 2.29 bits per heavy atom. The average molecular weight is 202 g/mol. The van der Waals surface area contributed by atoms with E-state index in [0.29, 0.717) is 12.5 Å². The van der Waals surface area contributed by atoms with Gasteiger partial charge in [-0.05, 0) is 12.8 Å². The maximum absolute atomic E-state index is 11.3. The number of nitrogens with one attached hydrogen (secondary N) is 2. The molecule has 0 saturated carbocycles. The van der Waals surface area contributed by atoms with E-state index in [1.165, 1.54) is 7.11 Å². The number of ether oxygens (including phenoxy) is 1. The molecule has 2 amide bonds. The van der Waals surface area contributed by atoms with Crippen LogP contribution in [0, 0.1) is 5.92 Å².